The van der Waals surface area contributed by atoms with Crippen molar-refractivity contribution in [1.82, 2.24) is 0 Å². The Morgan fingerprint density at radius 2 is 1.89 bits per heavy atom. The molecule has 4 nitrogen and oxygen atoms in total. The quantitative estimate of drug-likeness (QED) is 0.479. The molecule has 0 aromatic heterocycles. The number of anilines is 1. The molecule has 0 amide bonds. The number of allylic oxidation sites excluding steroid dienone is 3. The number of hydrogen-bond acceptors (Lipinski definition) is 4. The Balaban J connectivity index is 2.96. The van der Waals surface area contributed by atoms with Gasteiger partial charge in [0.2, 0.25) is 0 Å². The lowest BCUT2D eigenvalue weighted by Gasteiger charge is -2.15. The first-order chi connectivity index (χ1) is 9.12. The molecule has 4 N–H and O–H groups in total. The van der Waals surface area contributed by atoms with E-state index in [4.69, 9.17) is 16.8 Å². The van der Waals surface area contributed by atoms with Gasteiger partial charge in [0.25, 0.3) is 0 Å². The molecule has 19 heavy (non-hydrogen) atoms. The molecule has 0 aliphatic rings. The third kappa shape index (κ3) is 3.87. The van der Waals surface area contributed by atoms with Gasteiger partial charge < -0.3 is 5.73 Å². The maximum atomic E-state index is 8.72. The van der Waals surface area contributed by atoms with Gasteiger partial charge in [-0.2, -0.15) is 5.26 Å². The van der Waals surface area contributed by atoms with Crippen LogP contribution in [0.5, 0.6) is 0 Å². The molecule has 96 valence electrons. The predicted octanol–water partition coefficient (Wildman–Crippen LogP) is 2.34. The summed E-state index contributed by atoms with van der Waals surface area (Å²) in [5, 5.41) is 10.1. The lowest BCUT2D eigenvalue weighted by Crippen LogP contribution is -2.26. The Morgan fingerprint density at radius 1 is 1.26 bits per heavy atom. The lowest BCUT2D eigenvalue weighted by atomic mass is 10.2. The Hall–Kier alpha value is -2.77. The fourth-order valence-electron chi connectivity index (χ4n) is 1.42. The highest BCUT2D eigenvalue weighted by atomic mass is 15.4. The van der Waals surface area contributed by atoms with Crippen LogP contribution in [0.25, 0.3) is 0 Å². The molecule has 0 saturated heterocycles. The molecule has 1 aromatic carbocycles. The van der Waals surface area contributed by atoms with Crippen LogP contribution in [-0.2, 0) is 0 Å². The van der Waals surface area contributed by atoms with Crippen LogP contribution in [0, 0.1) is 11.3 Å². The summed E-state index contributed by atoms with van der Waals surface area (Å²) in [5.74, 6) is 5.88. The second-order valence-electron chi connectivity index (χ2n) is 3.71. The average Bonchev–Trinajstić information content (AvgIpc) is 2.44. The third-order valence-electron chi connectivity index (χ3n) is 2.42. The van der Waals surface area contributed by atoms with E-state index < -0.39 is 0 Å². The standard InChI is InChI=1S/C15H16N4/c1-3-5-13(4-2)15(17)11-19(18)14-8-6-12(10-16)7-9-14/h3-9,11H,1-2,17-18H2/b13-5+,15-11-. The maximum Gasteiger partial charge on any atom is 0.0991 e. The van der Waals surface area contributed by atoms with E-state index in [-0.39, 0.29) is 0 Å². The Morgan fingerprint density at radius 3 is 2.37 bits per heavy atom. The molecule has 0 atom stereocenters. The summed E-state index contributed by atoms with van der Waals surface area (Å²) in [4.78, 5) is 0. The highest BCUT2D eigenvalue weighted by molar-refractivity contribution is 5.52. The molecule has 0 unspecified atom stereocenters. The minimum absolute atomic E-state index is 0.474. The monoisotopic (exact) mass is 252 g/mol. The first-order valence-electron chi connectivity index (χ1n) is 5.59. The zero-order valence-electron chi connectivity index (χ0n) is 10.6. The van der Waals surface area contributed by atoms with Gasteiger partial charge >= 0.3 is 0 Å². The topological polar surface area (TPSA) is 79.1 Å². The largest absolute Gasteiger partial charge is 0.397 e. The molecule has 0 spiro atoms. The molecule has 1 rings (SSSR count). The second-order valence-corrected chi connectivity index (χ2v) is 3.71. The number of nitrogens with two attached hydrogens (primary N) is 2. The summed E-state index contributed by atoms with van der Waals surface area (Å²) in [5.41, 5.74) is 8.42. The van der Waals surface area contributed by atoms with Crippen LogP contribution < -0.4 is 16.6 Å². The Kier molecular flexibility index (Phi) is 5.15. The predicted molar refractivity (Wildman–Crippen MR) is 78.6 cm³/mol. The molecule has 0 bridgehead atoms. The van der Waals surface area contributed by atoms with Gasteiger partial charge in [0, 0.05) is 6.20 Å². The van der Waals surface area contributed by atoms with E-state index in [0.29, 0.717) is 11.3 Å². The normalized spacial score (nSPS) is 11.6. The van der Waals surface area contributed by atoms with E-state index in [1.165, 1.54) is 5.01 Å². The van der Waals surface area contributed by atoms with E-state index in [2.05, 4.69) is 13.2 Å². The zero-order chi connectivity index (χ0) is 14.3. The van der Waals surface area contributed by atoms with E-state index in [0.717, 1.165) is 11.3 Å². The minimum atomic E-state index is 0.474. The summed E-state index contributed by atoms with van der Waals surface area (Å²) in [6.07, 6.45) is 6.57. The van der Waals surface area contributed by atoms with Crippen molar-refractivity contribution < 1.29 is 0 Å². The number of hydrazine groups is 1. The molecule has 1 aromatic rings. The van der Waals surface area contributed by atoms with Crippen molar-refractivity contribution in [2.45, 2.75) is 0 Å². The SMILES string of the molecule is C=C/C=C(C=C)/C(N)=C/N(N)c1ccc(C#N)cc1. The Bertz CT molecular complexity index is 559. The van der Waals surface area contributed by atoms with Gasteiger partial charge in [-0.05, 0) is 29.8 Å². The van der Waals surface area contributed by atoms with Crippen molar-refractivity contribution in [2.24, 2.45) is 11.6 Å². The molecule has 0 heterocycles. The second kappa shape index (κ2) is 6.84. The number of hydrogen-bond donors (Lipinski definition) is 2. The maximum absolute atomic E-state index is 8.72. The summed E-state index contributed by atoms with van der Waals surface area (Å²) < 4.78 is 0. The number of nitriles is 1. The molecule has 0 aliphatic heterocycles. The first-order valence-corrected chi connectivity index (χ1v) is 5.59. The lowest BCUT2D eigenvalue weighted by molar-refractivity contribution is 1.06. The van der Waals surface area contributed by atoms with Crippen LogP contribution in [0.2, 0.25) is 0 Å². The van der Waals surface area contributed by atoms with Crippen LogP contribution >= 0.6 is 0 Å². The fourth-order valence-corrected chi connectivity index (χ4v) is 1.42. The van der Waals surface area contributed by atoms with Gasteiger partial charge in [-0.25, -0.2) is 5.84 Å². The molecule has 0 fully saturated rings. The average molecular weight is 252 g/mol. The summed E-state index contributed by atoms with van der Waals surface area (Å²) in [7, 11) is 0. The zero-order valence-corrected chi connectivity index (χ0v) is 10.6. The number of benzene rings is 1. The van der Waals surface area contributed by atoms with Crippen LogP contribution in [0.4, 0.5) is 5.69 Å². The molecule has 0 aliphatic carbocycles. The summed E-state index contributed by atoms with van der Waals surface area (Å²) in [6, 6.07) is 8.91. The van der Waals surface area contributed by atoms with Gasteiger partial charge in [0.15, 0.2) is 0 Å². The number of rotatable bonds is 5. The van der Waals surface area contributed by atoms with Crippen molar-refractivity contribution >= 4 is 5.69 Å². The third-order valence-corrected chi connectivity index (χ3v) is 2.42. The van der Waals surface area contributed by atoms with Crippen molar-refractivity contribution in [1.29, 1.82) is 5.26 Å². The van der Waals surface area contributed by atoms with Gasteiger partial charge in [-0.15, -0.1) is 0 Å². The summed E-state index contributed by atoms with van der Waals surface area (Å²) >= 11 is 0. The van der Waals surface area contributed by atoms with Crippen LogP contribution in [0.1, 0.15) is 5.56 Å². The molecular formula is C15H16N4. The molecular weight excluding hydrogens is 236 g/mol. The van der Waals surface area contributed by atoms with Crippen LogP contribution in [0.15, 0.2) is 73.1 Å². The Labute approximate surface area is 113 Å². The van der Waals surface area contributed by atoms with Gasteiger partial charge in [-0.3, -0.25) is 5.01 Å². The highest BCUT2D eigenvalue weighted by Crippen LogP contribution is 2.14. The number of nitrogens with zero attached hydrogens (tertiary/aromatic N) is 2. The van der Waals surface area contributed by atoms with E-state index in [9.17, 15) is 0 Å². The van der Waals surface area contributed by atoms with Gasteiger partial charge in [0.05, 0.1) is 23.0 Å². The van der Waals surface area contributed by atoms with E-state index in [1.807, 2.05) is 6.07 Å². The fraction of sp³-hybridized carbons (Fsp3) is 0. The van der Waals surface area contributed by atoms with Gasteiger partial charge in [-0.1, -0.05) is 31.4 Å². The first kappa shape index (κ1) is 14.3. The van der Waals surface area contributed by atoms with E-state index in [1.54, 1.807) is 48.7 Å². The van der Waals surface area contributed by atoms with Gasteiger partial charge in [0.1, 0.15) is 0 Å². The van der Waals surface area contributed by atoms with Crippen molar-refractivity contribution in [3.8, 4) is 6.07 Å². The van der Waals surface area contributed by atoms with Crippen molar-refractivity contribution in [3.63, 3.8) is 0 Å². The van der Waals surface area contributed by atoms with Crippen LogP contribution in [-0.4, -0.2) is 0 Å². The van der Waals surface area contributed by atoms with Crippen molar-refractivity contribution in [2.75, 3.05) is 5.01 Å². The van der Waals surface area contributed by atoms with Crippen molar-refractivity contribution in [3.05, 3.63) is 78.7 Å². The van der Waals surface area contributed by atoms with Crippen LogP contribution in [0.3, 0.4) is 0 Å². The van der Waals surface area contributed by atoms with E-state index >= 15 is 0 Å². The summed E-state index contributed by atoms with van der Waals surface area (Å²) in [6.45, 7) is 7.28. The molecule has 0 radical (unpaired) electrons. The molecule has 0 saturated carbocycles. The smallest absolute Gasteiger partial charge is 0.0991 e. The molecule has 4 heteroatoms. The highest BCUT2D eigenvalue weighted by Gasteiger charge is 2.01. The minimum Gasteiger partial charge on any atom is -0.397 e.